The zero-order valence-electron chi connectivity index (χ0n) is 36.7. The standard InChI is InChI=1S/C46H84NO9P/c1-6-8-10-12-14-16-18-20-21-22-23-25-27-29-31-33-39-53-43(42-56-57(51,52)55-40-38-47(3,4)5)41-54-46(50)37-34-36-45(49)44(48)35-32-30-28-26-24-19-17-15-13-11-9-7-2/h9,11,15,17,24,26,30,32-33,39,43-45,48-49H,6-8,10,12-14,16,18-23,25,27-29,31,34-38,40-42H2,1-5H3/b11-9-,17-15-,26-24-,32-30-,39-33+/t43-,44+,45+/m1/s1. The van der Waals surface area contributed by atoms with E-state index in [1.165, 1.54) is 83.3 Å². The largest absolute Gasteiger partial charge is 0.756 e. The Bertz CT molecular complexity index is 1130. The number of rotatable bonds is 40. The molecule has 0 spiro atoms. The van der Waals surface area contributed by atoms with E-state index in [0.29, 0.717) is 23.9 Å². The summed E-state index contributed by atoms with van der Waals surface area (Å²) in [6.45, 7) is 4.25. The highest BCUT2D eigenvalue weighted by Crippen LogP contribution is 2.38. The number of aliphatic hydroxyl groups excluding tert-OH is 2. The first-order valence-electron chi connectivity index (χ1n) is 22.2. The number of quaternary nitrogens is 1. The van der Waals surface area contributed by atoms with Gasteiger partial charge in [0.2, 0.25) is 0 Å². The van der Waals surface area contributed by atoms with Crippen LogP contribution in [-0.4, -0.2) is 86.5 Å². The van der Waals surface area contributed by atoms with E-state index in [4.69, 9.17) is 18.5 Å². The summed E-state index contributed by atoms with van der Waals surface area (Å²) < 4.78 is 34.1. The minimum Gasteiger partial charge on any atom is -0.756 e. The zero-order valence-corrected chi connectivity index (χ0v) is 37.6. The van der Waals surface area contributed by atoms with Crippen molar-refractivity contribution in [3.8, 4) is 0 Å². The van der Waals surface area contributed by atoms with Gasteiger partial charge >= 0.3 is 5.97 Å². The van der Waals surface area contributed by atoms with Gasteiger partial charge in [-0.3, -0.25) is 9.36 Å². The molecule has 0 saturated carbocycles. The van der Waals surface area contributed by atoms with Gasteiger partial charge in [-0.1, -0.05) is 146 Å². The molecule has 0 aromatic rings. The molecule has 57 heavy (non-hydrogen) atoms. The van der Waals surface area contributed by atoms with Crippen LogP contribution >= 0.6 is 7.82 Å². The highest BCUT2D eigenvalue weighted by molar-refractivity contribution is 7.45. The quantitative estimate of drug-likeness (QED) is 0.0155. The summed E-state index contributed by atoms with van der Waals surface area (Å²) in [5, 5.41) is 20.7. The number of carbonyl (C=O) groups is 1. The molecule has 0 rings (SSSR count). The van der Waals surface area contributed by atoms with Gasteiger partial charge in [-0.05, 0) is 63.9 Å². The average molecular weight is 826 g/mol. The average Bonchev–Trinajstić information content (AvgIpc) is 3.16. The summed E-state index contributed by atoms with van der Waals surface area (Å²) in [5.74, 6) is -0.514. The summed E-state index contributed by atoms with van der Waals surface area (Å²) >= 11 is 0. The van der Waals surface area contributed by atoms with Crippen molar-refractivity contribution in [1.82, 2.24) is 0 Å². The topological polar surface area (TPSA) is 135 Å². The molecule has 0 saturated heterocycles. The predicted molar refractivity (Wildman–Crippen MR) is 233 cm³/mol. The first-order valence-corrected chi connectivity index (χ1v) is 23.7. The Morgan fingerprint density at radius 2 is 1.19 bits per heavy atom. The Labute approximate surface area is 348 Å². The molecule has 0 aromatic carbocycles. The van der Waals surface area contributed by atoms with Gasteiger partial charge < -0.3 is 38.1 Å². The van der Waals surface area contributed by atoms with E-state index < -0.39 is 32.1 Å². The van der Waals surface area contributed by atoms with Crippen LogP contribution in [0.25, 0.3) is 0 Å². The highest BCUT2D eigenvalue weighted by Gasteiger charge is 2.20. The van der Waals surface area contributed by atoms with Crippen LogP contribution < -0.4 is 4.89 Å². The van der Waals surface area contributed by atoms with Gasteiger partial charge in [0.05, 0.1) is 46.2 Å². The molecule has 0 radical (unpaired) electrons. The SMILES string of the molecule is CC/C=C\C/C=C\C/C=C\C/C=C\C[C@H](O)[C@@H](O)CCCC(=O)OC[C@H](COP(=O)([O-])OCC[N+](C)(C)C)O/C=C/CCCCCCCCCCCCCCCC. The fraction of sp³-hybridized carbons (Fsp3) is 0.761. The minimum atomic E-state index is -4.59. The second-order valence-corrected chi connectivity index (χ2v) is 17.5. The lowest BCUT2D eigenvalue weighted by Gasteiger charge is -2.28. The maximum Gasteiger partial charge on any atom is 0.305 e. The molecule has 0 aliphatic rings. The van der Waals surface area contributed by atoms with Crippen LogP contribution in [0.15, 0.2) is 60.9 Å². The van der Waals surface area contributed by atoms with Crippen LogP contribution in [0, 0.1) is 0 Å². The molecule has 10 nitrogen and oxygen atoms in total. The van der Waals surface area contributed by atoms with Crippen molar-refractivity contribution in [2.75, 3.05) is 47.5 Å². The number of allylic oxidation sites excluding steroid dienone is 8. The third-order valence-electron chi connectivity index (χ3n) is 9.37. The number of hydrogen-bond donors (Lipinski definition) is 2. The zero-order chi connectivity index (χ0) is 42.3. The highest BCUT2D eigenvalue weighted by atomic mass is 31.2. The fourth-order valence-electron chi connectivity index (χ4n) is 5.73. The molecule has 0 aromatic heterocycles. The van der Waals surface area contributed by atoms with Crippen molar-refractivity contribution in [3.63, 3.8) is 0 Å². The molecule has 0 amide bonds. The lowest BCUT2D eigenvalue weighted by molar-refractivity contribution is -0.870. The molecule has 2 N–H and O–H groups in total. The molecule has 0 aliphatic carbocycles. The van der Waals surface area contributed by atoms with Crippen LogP contribution in [0.4, 0.5) is 0 Å². The molecule has 0 aliphatic heterocycles. The van der Waals surface area contributed by atoms with E-state index in [1.807, 2.05) is 39.4 Å². The second-order valence-electron chi connectivity index (χ2n) is 16.1. The van der Waals surface area contributed by atoms with Crippen molar-refractivity contribution < 1.29 is 47.5 Å². The molecule has 11 heteroatoms. The molecule has 332 valence electrons. The first kappa shape index (κ1) is 55.0. The Hall–Kier alpha value is -2.04. The Kier molecular flexibility index (Phi) is 36.8. The number of nitrogens with zero attached hydrogens (tertiary/aromatic N) is 1. The predicted octanol–water partition coefficient (Wildman–Crippen LogP) is 10.6. The number of phosphoric acid groups is 1. The number of aliphatic hydroxyl groups is 2. The van der Waals surface area contributed by atoms with Crippen molar-refractivity contribution >= 4 is 13.8 Å². The van der Waals surface area contributed by atoms with Gasteiger partial charge in [0.25, 0.3) is 7.82 Å². The summed E-state index contributed by atoms with van der Waals surface area (Å²) in [6.07, 6.45) is 40.8. The number of carbonyl (C=O) groups excluding carboxylic acids is 1. The van der Waals surface area contributed by atoms with Gasteiger partial charge in [0.15, 0.2) is 6.10 Å². The third-order valence-corrected chi connectivity index (χ3v) is 10.3. The van der Waals surface area contributed by atoms with Gasteiger partial charge in [-0.2, -0.15) is 0 Å². The van der Waals surface area contributed by atoms with E-state index >= 15 is 0 Å². The van der Waals surface area contributed by atoms with Crippen LogP contribution in [0.5, 0.6) is 0 Å². The lowest BCUT2D eigenvalue weighted by atomic mass is 10.0. The smallest absolute Gasteiger partial charge is 0.305 e. The van der Waals surface area contributed by atoms with Crippen molar-refractivity contribution in [2.24, 2.45) is 0 Å². The lowest BCUT2D eigenvalue weighted by Crippen LogP contribution is -2.37. The second kappa shape index (κ2) is 38.2. The van der Waals surface area contributed by atoms with Crippen LogP contribution in [0.3, 0.4) is 0 Å². The Balaban J connectivity index is 4.53. The molecular weight excluding hydrogens is 741 g/mol. The van der Waals surface area contributed by atoms with Gasteiger partial charge in [0, 0.05) is 6.42 Å². The van der Waals surface area contributed by atoms with E-state index in [2.05, 4.69) is 50.3 Å². The molecule has 4 atom stereocenters. The number of hydrogen-bond acceptors (Lipinski definition) is 9. The molecule has 0 fully saturated rings. The number of esters is 1. The first-order chi connectivity index (χ1) is 27.4. The Morgan fingerprint density at radius 1 is 0.667 bits per heavy atom. The minimum absolute atomic E-state index is 0.0200. The monoisotopic (exact) mass is 826 g/mol. The van der Waals surface area contributed by atoms with Gasteiger partial charge in [-0.25, -0.2) is 0 Å². The van der Waals surface area contributed by atoms with Crippen molar-refractivity contribution in [3.05, 3.63) is 60.9 Å². The number of likely N-dealkylation sites (N-methyl/N-ethyl adjacent to an activating group) is 1. The van der Waals surface area contributed by atoms with Gasteiger partial charge in [0.1, 0.15) is 19.8 Å². The molecular formula is C46H84NO9P. The summed E-state index contributed by atoms with van der Waals surface area (Å²) in [7, 11) is 1.20. The summed E-state index contributed by atoms with van der Waals surface area (Å²) in [5.41, 5.74) is 0. The summed E-state index contributed by atoms with van der Waals surface area (Å²) in [4.78, 5) is 24.9. The van der Waals surface area contributed by atoms with Crippen LogP contribution in [0.2, 0.25) is 0 Å². The van der Waals surface area contributed by atoms with Crippen LogP contribution in [0.1, 0.15) is 162 Å². The van der Waals surface area contributed by atoms with Crippen molar-refractivity contribution in [2.45, 2.75) is 180 Å². The van der Waals surface area contributed by atoms with Crippen molar-refractivity contribution in [1.29, 1.82) is 0 Å². The number of phosphoric ester groups is 1. The Morgan fingerprint density at radius 3 is 1.74 bits per heavy atom. The molecule has 0 bridgehead atoms. The molecule has 0 heterocycles. The maximum atomic E-state index is 12.5. The van der Waals surface area contributed by atoms with E-state index in [0.717, 1.165) is 44.9 Å². The number of ether oxygens (including phenoxy) is 2. The maximum absolute atomic E-state index is 12.5. The van der Waals surface area contributed by atoms with E-state index in [-0.39, 0.29) is 32.7 Å². The van der Waals surface area contributed by atoms with Crippen LogP contribution in [-0.2, 0) is 27.9 Å². The number of unbranched alkanes of at least 4 members (excludes halogenated alkanes) is 14. The third kappa shape index (κ3) is 40.5. The summed E-state index contributed by atoms with van der Waals surface area (Å²) in [6, 6.07) is 0. The van der Waals surface area contributed by atoms with E-state index in [9.17, 15) is 24.5 Å². The normalized spacial score (nSPS) is 15.4. The fourth-order valence-corrected chi connectivity index (χ4v) is 6.46. The molecule has 1 unspecified atom stereocenters. The van der Waals surface area contributed by atoms with Gasteiger partial charge in [-0.15, -0.1) is 0 Å². The van der Waals surface area contributed by atoms with E-state index in [1.54, 1.807) is 0 Å².